The Labute approximate surface area is 137 Å². The Hall–Kier alpha value is -2.08. The lowest BCUT2D eigenvalue weighted by Gasteiger charge is -2.17. The Balaban J connectivity index is 1.74. The fourth-order valence-electron chi connectivity index (χ4n) is 1.92. The monoisotopic (exact) mass is 364 g/mol. The van der Waals surface area contributed by atoms with E-state index in [2.05, 4.69) is 21.2 Å². The van der Waals surface area contributed by atoms with Crippen molar-refractivity contribution in [1.82, 2.24) is 10.2 Å². The molecule has 2 rings (SSSR count). The maximum absolute atomic E-state index is 12.0. The van der Waals surface area contributed by atoms with Crippen molar-refractivity contribution in [2.45, 2.75) is 13.0 Å². The summed E-state index contributed by atoms with van der Waals surface area (Å²) in [6.45, 7) is 0.821. The van der Waals surface area contributed by atoms with Crippen molar-refractivity contribution in [3.8, 4) is 0 Å². The quantitative estimate of drug-likeness (QED) is 0.856. The number of hydrogen-bond donors (Lipinski definition) is 1. The van der Waals surface area contributed by atoms with E-state index in [-0.39, 0.29) is 30.5 Å². The van der Waals surface area contributed by atoms with E-state index in [4.69, 9.17) is 4.42 Å². The van der Waals surface area contributed by atoms with E-state index in [9.17, 15) is 9.59 Å². The Morgan fingerprint density at radius 3 is 2.59 bits per heavy atom. The summed E-state index contributed by atoms with van der Waals surface area (Å²) in [5.74, 6) is -0.0910. The number of carbonyl (C=O) groups is 2. The van der Waals surface area contributed by atoms with Gasteiger partial charge in [-0.25, -0.2) is 0 Å². The molecular weight excluding hydrogens is 348 g/mol. The van der Waals surface area contributed by atoms with Crippen LogP contribution in [-0.4, -0.2) is 30.3 Å². The molecule has 0 aliphatic rings. The summed E-state index contributed by atoms with van der Waals surface area (Å²) < 4.78 is 5.98. The van der Waals surface area contributed by atoms with Crippen LogP contribution in [0.3, 0.4) is 0 Å². The van der Waals surface area contributed by atoms with Crippen LogP contribution in [-0.2, 0) is 11.3 Å². The first-order valence-electron chi connectivity index (χ1n) is 6.86. The number of carbonyl (C=O) groups excluding carboxylic acids is 2. The van der Waals surface area contributed by atoms with Gasteiger partial charge in [0.2, 0.25) is 5.91 Å². The molecule has 1 aromatic heterocycles. The van der Waals surface area contributed by atoms with Crippen molar-refractivity contribution < 1.29 is 14.0 Å². The van der Waals surface area contributed by atoms with Gasteiger partial charge in [0.05, 0.1) is 6.26 Å². The summed E-state index contributed by atoms with van der Waals surface area (Å²) in [6, 6.07) is 11.0. The summed E-state index contributed by atoms with van der Waals surface area (Å²) in [5, 5.41) is 2.66. The van der Waals surface area contributed by atoms with Gasteiger partial charge < -0.3 is 14.6 Å². The van der Waals surface area contributed by atoms with Gasteiger partial charge in [-0.05, 0) is 29.8 Å². The highest BCUT2D eigenvalue weighted by atomic mass is 79.9. The van der Waals surface area contributed by atoms with Crippen LogP contribution in [0.4, 0.5) is 0 Å². The number of halogens is 1. The fraction of sp³-hybridized carbons (Fsp3) is 0.250. The molecular formula is C16H17BrN2O3. The average molecular weight is 365 g/mol. The van der Waals surface area contributed by atoms with Gasteiger partial charge in [0.1, 0.15) is 0 Å². The molecule has 0 atom stereocenters. The van der Waals surface area contributed by atoms with Crippen molar-refractivity contribution >= 4 is 27.7 Å². The molecule has 0 aliphatic carbocycles. The Morgan fingerprint density at radius 2 is 1.95 bits per heavy atom. The summed E-state index contributed by atoms with van der Waals surface area (Å²) in [6.07, 6.45) is 1.69. The van der Waals surface area contributed by atoms with Crippen molar-refractivity contribution in [1.29, 1.82) is 0 Å². The normalized spacial score (nSPS) is 10.3. The maximum atomic E-state index is 12.0. The molecule has 6 heteroatoms. The molecule has 2 aromatic rings. The van der Waals surface area contributed by atoms with E-state index < -0.39 is 0 Å². The molecule has 0 fully saturated rings. The third-order valence-electron chi connectivity index (χ3n) is 3.13. The number of benzene rings is 1. The molecule has 2 amide bonds. The first-order chi connectivity index (χ1) is 10.6. The highest BCUT2D eigenvalue weighted by Gasteiger charge is 2.11. The van der Waals surface area contributed by atoms with Gasteiger partial charge in [-0.3, -0.25) is 9.59 Å². The van der Waals surface area contributed by atoms with Crippen LogP contribution in [0.15, 0.2) is 51.6 Å². The van der Waals surface area contributed by atoms with Crippen LogP contribution in [0.1, 0.15) is 22.5 Å². The summed E-state index contributed by atoms with van der Waals surface area (Å²) in [4.78, 5) is 25.3. The first-order valence-corrected chi connectivity index (χ1v) is 7.65. The molecule has 22 heavy (non-hydrogen) atoms. The Morgan fingerprint density at radius 1 is 1.23 bits per heavy atom. The molecule has 0 aliphatic heterocycles. The molecule has 116 valence electrons. The number of furan rings is 1. The minimum absolute atomic E-state index is 0.0253. The van der Waals surface area contributed by atoms with Gasteiger partial charge in [0, 0.05) is 31.0 Å². The van der Waals surface area contributed by atoms with Crippen molar-refractivity contribution in [2.75, 3.05) is 13.6 Å². The van der Waals surface area contributed by atoms with Gasteiger partial charge in [-0.1, -0.05) is 28.1 Å². The number of nitrogens with one attached hydrogen (secondary N) is 1. The molecule has 1 N–H and O–H groups in total. The van der Waals surface area contributed by atoms with Gasteiger partial charge in [0.15, 0.2) is 5.76 Å². The second-order valence-electron chi connectivity index (χ2n) is 4.86. The number of amides is 2. The molecule has 0 saturated heterocycles. The molecule has 0 unspecified atom stereocenters. The van der Waals surface area contributed by atoms with Gasteiger partial charge in [-0.15, -0.1) is 0 Å². The minimum atomic E-state index is -0.312. The van der Waals surface area contributed by atoms with E-state index in [0.717, 1.165) is 10.0 Å². The molecule has 0 bridgehead atoms. The maximum Gasteiger partial charge on any atom is 0.286 e. The zero-order chi connectivity index (χ0) is 15.9. The van der Waals surface area contributed by atoms with E-state index in [0.29, 0.717) is 6.54 Å². The zero-order valence-electron chi connectivity index (χ0n) is 12.2. The van der Waals surface area contributed by atoms with Gasteiger partial charge in [-0.2, -0.15) is 0 Å². The Bertz CT molecular complexity index is 623. The molecule has 1 aromatic carbocycles. The van der Waals surface area contributed by atoms with E-state index in [1.165, 1.54) is 6.26 Å². The second-order valence-corrected chi connectivity index (χ2v) is 5.78. The van der Waals surface area contributed by atoms with Crippen LogP contribution in [0.25, 0.3) is 0 Å². The third-order valence-corrected chi connectivity index (χ3v) is 3.66. The van der Waals surface area contributed by atoms with Crippen LogP contribution < -0.4 is 5.32 Å². The van der Waals surface area contributed by atoms with Crippen LogP contribution in [0.2, 0.25) is 0 Å². The molecule has 1 heterocycles. The predicted octanol–water partition coefficient (Wildman–Crippen LogP) is 2.82. The van der Waals surface area contributed by atoms with E-state index >= 15 is 0 Å². The highest BCUT2D eigenvalue weighted by molar-refractivity contribution is 9.10. The van der Waals surface area contributed by atoms with Crippen molar-refractivity contribution in [3.63, 3.8) is 0 Å². The van der Waals surface area contributed by atoms with Crippen molar-refractivity contribution in [3.05, 3.63) is 58.5 Å². The lowest BCUT2D eigenvalue weighted by Crippen LogP contribution is -2.31. The standard InChI is InChI=1S/C16H17BrN2O3/c1-19(11-12-4-6-13(17)7-5-12)15(20)8-9-18-16(21)14-3-2-10-22-14/h2-7,10H,8-9,11H2,1H3,(H,18,21). The lowest BCUT2D eigenvalue weighted by molar-refractivity contribution is -0.130. The minimum Gasteiger partial charge on any atom is -0.459 e. The van der Waals surface area contributed by atoms with Crippen LogP contribution in [0, 0.1) is 0 Å². The fourth-order valence-corrected chi connectivity index (χ4v) is 2.18. The Kier molecular flexibility index (Phi) is 5.77. The van der Waals surface area contributed by atoms with Gasteiger partial charge in [0.25, 0.3) is 5.91 Å². The number of nitrogens with zero attached hydrogens (tertiary/aromatic N) is 1. The SMILES string of the molecule is CN(Cc1ccc(Br)cc1)C(=O)CCNC(=O)c1ccco1. The molecule has 5 nitrogen and oxygen atoms in total. The summed E-state index contributed by atoms with van der Waals surface area (Å²) >= 11 is 3.38. The van der Waals surface area contributed by atoms with Crippen molar-refractivity contribution in [2.24, 2.45) is 0 Å². The molecule has 0 radical (unpaired) electrons. The highest BCUT2D eigenvalue weighted by Crippen LogP contribution is 2.12. The largest absolute Gasteiger partial charge is 0.459 e. The second kappa shape index (κ2) is 7.79. The van der Waals surface area contributed by atoms with E-state index in [1.54, 1.807) is 24.1 Å². The first kappa shape index (κ1) is 16.3. The average Bonchev–Trinajstić information content (AvgIpc) is 3.03. The number of rotatable bonds is 6. The molecule has 0 saturated carbocycles. The topological polar surface area (TPSA) is 62.6 Å². The van der Waals surface area contributed by atoms with Crippen LogP contribution in [0.5, 0.6) is 0 Å². The predicted molar refractivity (Wildman–Crippen MR) is 86.3 cm³/mol. The van der Waals surface area contributed by atoms with E-state index in [1.807, 2.05) is 24.3 Å². The zero-order valence-corrected chi connectivity index (χ0v) is 13.8. The van der Waals surface area contributed by atoms with Gasteiger partial charge >= 0.3 is 0 Å². The number of hydrogen-bond acceptors (Lipinski definition) is 3. The summed E-state index contributed by atoms with van der Waals surface area (Å²) in [7, 11) is 1.75. The smallest absolute Gasteiger partial charge is 0.286 e. The van der Waals surface area contributed by atoms with Crippen LogP contribution >= 0.6 is 15.9 Å². The lowest BCUT2D eigenvalue weighted by atomic mass is 10.2. The summed E-state index contributed by atoms with van der Waals surface area (Å²) in [5.41, 5.74) is 1.05. The third kappa shape index (κ3) is 4.73. The molecule has 0 spiro atoms.